The molecule has 4 heterocycles. The second kappa shape index (κ2) is 27.7. The zero-order valence-corrected chi connectivity index (χ0v) is 53.0. The van der Waals surface area contributed by atoms with Crippen LogP contribution >= 0.6 is 46.6 Å². The van der Waals surface area contributed by atoms with E-state index in [-0.39, 0.29) is 39.6 Å². The SMILES string of the molecule is CC(C)(C)OC(=O)Nc1nc(C(=NOC(c2ccccc2)(c2ccccc2)c2ccccc2)C(=O)NC2S[C@H]3CC(=O)N3C(C(=O)OC(c3ccccc3)c3ccccc3)=C2SCSC(c2cnn[nH]2)C(c2ccccc2)(c2ccccc2)c2ccccc2)cs1. The predicted octanol–water partition coefficient (Wildman–Crippen LogP) is 14.8. The summed E-state index contributed by atoms with van der Waals surface area (Å²) in [4.78, 5) is 72.9. The fraction of sp³-hybridized carbons (Fsp3) is 0.167. The van der Waals surface area contributed by atoms with Crippen molar-refractivity contribution in [2.75, 3.05) is 10.4 Å². The normalized spacial score (nSPS) is 15.5. The topological polar surface area (TPSA) is 190 Å². The molecule has 0 bridgehead atoms. The summed E-state index contributed by atoms with van der Waals surface area (Å²) in [5.41, 5.74) is 3.98. The average molecular weight is 1280 g/mol. The molecule has 2 aromatic heterocycles. The van der Waals surface area contributed by atoms with Crippen molar-refractivity contribution in [2.24, 2.45) is 5.16 Å². The Labute approximate surface area is 544 Å². The number of rotatable bonds is 22. The molecule has 1 saturated heterocycles. The highest BCUT2D eigenvalue weighted by Gasteiger charge is 2.51. The summed E-state index contributed by atoms with van der Waals surface area (Å²) in [6.07, 6.45) is 0.187. The quantitative estimate of drug-likeness (QED) is 0.0145. The Balaban J connectivity index is 0.996. The van der Waals surface area contributed by atoms with Gasteiger partial charge in [-0.1, -0.05) is 253 Å². The minimum atomic E-state index is -1.44. The maximum atomic E-state index is 16.0. The van der Waals surface area contributed by atoms with Crippen LogP contribution in [0.1, 0.15) is 94.4 Å². The molecule has 10 aromatic rings. The summed E-state index contributed by atoms with van der Waals surface area (Å²) in [7, 11) is 0. The van der Waals surface area contributed by atoms with Crippen LogP contribution in [0.2, 0.25) is 0 Å². The van der Waals surface area contributed by atoms with Gasteiger partial charge in [0.2, 0.25) is 11.5 Å². The number of benzene rings is 8. The number of carbonyl (C=O) groups excluding carboxylic acids is 4. The van der Waals surface area contributed by atoms with Crippen LogP contribution in [0, 0.1) is 0 Å². The van der Waals surface area contributed by atoms with Gasteiger partial charge in [0, 0.05) is 32.1 Å². The molecule has 8 aromatic carbocycles. The first-order chi connectivity index (χ1) is 44.4. The van der Waals surface area contributed by atoms with Crippen LogP contribution in [0.3, 0.4) is 0 Å². The molecular formula is C72H62N8O7S4. The van der Waals surface area contributed by atoms with Gasteiger partial charge in [0.25, 0.3) is 5.91 Å². The number of β-lactam (4-membered cyclic amide) rings is 1. The lowest BCUT2D eigenvalue weighted by atomic mass is 9.66. The number of nitrogens with zero attached hydrogens (tertiary/aromatic N) is 5. The molecule has 3 N–H and O–H groups in total. The van der Waals surface area contributed by atoms with E-state index in [2.05, 4.69) is 62.4 Å². The van der Waals surface area contributed by atoms with E-state index in [4.69, 9.17) is 24.5 Å². The maximum absolute atomic E-state index is 16.0. The minimum Gasteiger partial charge on any atom is -0.448 e. The molecule has 3 amide bonds. The largest absolute Gasteiger partial charge is 0.448 e. The molecule has 2 unspecified atom stereocenters. The van der Waals surface area contributed by atoms with E-state index >= 15 is 9.59 Å². The summed E-state index contributed by atoms with van der Waals surface area (Å²) < 4.78 is 12.3. The van der Waals surface area contributed by atoms with Crippen molar-refractivity contribution in [1.29, 1.82) is 0 Å². The third-order valence-electron chi connectivity index (χ3n) is 15.4. The van der Waals surface area contributed by atoms with Crippen LogP contribution in [0.4, 0.5) is 9.93 Å². The lowest BCUT2D eigenvalue weighted by molar-refractivity contribution is -0.151. The Morgan fingerprint density at radius 1 is 0.670 bits per heavy atom. The van der Waals surface area contributed by atoms with Crippen molar-refractivity contribution in [3.63, 3.8) is 0 Å². The summed E-state index contributed by atoms with van der Waals surface area (Å²) >= 11 is 5.29. The smallest absolute Gasteiger partial charge is 0.413 e. The number of H-pyrrole nitrogens is 1. The summed E-state index contributed by atoms with van der Waals surface area (Å²) in [6, 6.07) is 78.6. The fourth-order valence-corrected chi connectivity index (χ4v) is 16.6. The van der Waals surface area contributed by atoms with Crippen LogP contribution in [0.5, 0.6) is 0 Å². The third kappa shape index (κ3) is 13.2. The van der Waals surface area contributed by atoms with Crippen molar-refractivity contribution < 1.29 is 33.5 Å². The Hall–Kier alpha value is -9.53. The van der Waals surface area contributed by atoms with Crippen molar-refractivity contribution >= 4 is 81.3 Å². The molecule has 0 aliphatic carbocycles. The van der Waals surface area contributed by atoms with Crippen LogP contribution in [0.15, 0.2) is 270 Å². The molecule has 19 heteroatoms. The van der Waals surface area contributed by atoms with Crippen molar-refractivity contribution in [3.8, 4) is 0 Å². The van der Waals surface area contributed by atoms with Crippen LogP contribution < -0.4 is 10.6 Å². The summed E-state index contributed by atoms with van der Waals surface area (Å²) in [6.45, 7) is 5.26. The van der Waals surface area contributed by atoms with Gasteiger partial charge in [0.15, 0.2) is 16.9 Å². The first kappa shape index (κ1) is 61.7. The van der Waals surface area contributed by atoms with E-state index in [1.807, 2.05) is 206 Å². The third-order valence-corrected chi connectivity index (χ3v) is 20.3. The molecule has 1 fully saturated rings. The van der Waals surface area contributed by atoms with Gasteiger partial charge in [0.1, 0.15) is 22.4 Å². The Morgan fingerprint density at radius 3 is 1.59 bits per heavy atom. The number of thiazole rings is 1. The van der Waals surface area contributed by atoms with E-state index in [1.165, 1.54) is 28.4 Å². The van der Waals surface area contributed by atoms with Gasteiger partial charge in [-0.3, -0.25) is 24.9 Å². The van der Waals surface area contributed by atoms with E-state index in [9.17, 15) is 9.59 Å². The molecular weight excluding hydrogens is 1220 g/mol. The molecule has 3 atom stereocenters. The van der Waals surface area contributed by atoms with Gasteiger partial charge in [-0.2, -0.15) is 0 Å². The van der Waals surface area contributed by atoms with E-state index in [1.54, 1.807) is 44.1 Å². The first-order valence-corrected chi connectivity index (χ1v) is 33.3. The number of hydrogen-bond donors (Lipinski definition) is 3. The summed E-state index contributed by atoms with van der Waals surface area (Å²) in [5.74, 6) is -1.79. The van der Waals surface area contributed by atoms with Crippen LogP contribution in [0.25, 0.3) is 0 Å². The average Bonchev–Trinajstić information content (AvgIpc) is 1.79. The zero-order valence-electron chi connectivity index (χ0n) is 49.7. The van der Waals surface area contributed by atoms with Crippen LogP contribution in [-0.2, 0) is 39.7 Å². The van der Waals surface area contributed by atoms with Crippen molar-refractivity contribution in [1.82, 2.24) is 30.6 Å². The number of amides is 3. The minimum absolute atomic E-state index is 0.00328. The molecule has 0 radical (unpaired) electrons. The molecule has 2 aliphatic heterocycles. The molecule has 15 nitrogen and oxygen atoms in total. The van der Waals surface area contributed by atoms with Gasteiger partial charge in [0.05, 0.1) is 34.4 Å². The zero-order chi connectivity index (χ0) is 62.8. The number of carbonyl (C=O) groups is 4. The second-order valence-electron chi connectivity index (χ2n) is 22.3. The predicted molar refractivity (Wildman–Crippen MR) is 360 cm³/mol. The molecule has 456 valence electrons. The Kier molecular flexibility index (Phi) is 18.8. The van der Waals surface area contributed by atoms with Crippen molar-refractivity contribution in [2.45, 2.75) is 65.9 Å². The number of nitrogens with one attached hydrogen (secondary N) is 3. The molecule has 2 aliphatic rings. The summed E-state index contributed by atoms with van der Waals surface area (Å²) in [5, 5.41) is 22.6. The second-order valence-corrected chi connectivity index (χ2v) is 27.0. The van der Waals surface area contributed by atoms with Crippen LogP contribution in [-0.4, -0.2) is 76.3 Å². The molecule has 12 rings (SSSR count). The Bertz CT molecular complexity index is 3940. The van der Waals surface area contributed by atoms with E-state index in [0.29, 0.717) is 32.7 Å². The van der Waals surface area contributed by atoms with Gasteiger partial charge in [-0.15, -0.1) is 51.7 Å². The lowest BCUT2D eigenvalue weighted by Crippen LogP contribution is -2.57. The first-order valence-electron chi connectivity index (χ1n) is 29.4. The number of oxime groups is 1. The van der Waals surface area contributed by atoms with Gasteiger partial charge >= 0.3 is 12.1 Å². The highest BCUT2D eigenvalue weighted by Crippen LogP contribution is 2.56. The number of aromatic amines is 1. The highest BCUT2D eigenvalue weighted by atomic mass is 32.2. The molecule has 91 heavy (non-hydrogen) atoms. The number of aromatic nitrogens is 4. The lowest BCUT2D eigenvalue weighted by Gasteiger charge is -2.47. The van der Waals surface area contributed by atoms with Gasteiger partial charge in [-0.05, 0) is 48.6 Å². The Morgan fingerprint density at radius 2 is 1.14 bits per heavy atom. The number of esters is 1. The highest BCUT2D eigenvalue weighted by molar-refractivity contribution is 8.18. The molecule has 0 spiro atoms. The molecule has 0 saturated carbocycles. The maximum Gasteiger partial charge on any atom is 0.413 e. The number of hydrogen-bond acceptors (Lipinski definition) is 15. The fourth-order valence-electron chi connectivity index (χ4n) is 11.4. The van der Waals surface area contributed by atoms with Gasteiger partial charge < -0.3 is 19.6 Å². The van der Waals surface area contributed by atoms with E-state index < -0.39 is 56.7 Å². The number of fused-ring (bicyclic) bond motifs is 1. The monoisotopic (exact) mass is 1280 g/mol. The number of ether oxygens (including phenoxy) is 2. The van der Waals surface area contributed by atoms with E-state index in [0.717, 1.165) is 33.7 Å². The van der Waals surface area contributed by atoms with Gasteiger partial charge in [-0.25, -0.2) is 14.6 Å². The number of thioether (sulfide) groups is 3. The standard InChI is InChI=1S/C72H62N8O7S4/c1-70(2,3)86-69(84)76-68-74-57(46-88-68)60(78-87-72(53-38-22-9-23-39-53,54-40-24-10-25-41-54)55-42-26-11-27-43-55)65(82)75-66-63(61(80-58(81)44-59(80)91-66)67(83)85-62(48-28-12-4-13-29-48)49-30-14-5-15-31-49)89-47-90-64(56-45-73-79-77-56)71(50-32-16-6-17-33-50,51-34-18-7-19-35-51)52-36-20-8-21-37-52/h4-43,45-46,59,62,64,66H,44,47H2,1-3H3,(H,75,82)(H,73,77,79)(H,74,76,84)/t59-,64?,66?/m0/s1. The number of anilines is 1. The van der Waals surface area contributed by atoms with Crippen molar-refractivity contribution in [3.05, 3.63) is 321 Å².